The molecule has 0 radical (unpaired) electrons. The number of halogens is 3. The van der Waals surface area contributed by atoms with Gasteiger partial charge in [-0.1, -0.05) is 30.0 Å². The normalized spacial score (nSPS) is 18.2. The first-order valence-electron chi connectivity index (χ1n) is 8.31. The van der Waals surface area contributed by atoms with Crippen molar-refractivity contribution in [1.82, 2.24) is 5.32 Å². The zero-order valence-corrected chi connectivity index (χ0v) is 15.5. The molecule has 1 fully saturated rings. The average Bonchev–Trinajstić information content (AvgIpc) is 2.93. The molecular formula is C19H16F3N3O2S. The lowest BCUT2D eigenvalue weighted by Gasteiger charge is -2.10. The highest BCUT2D eigenvalue weighted by molar-refractivity contribution is 8.15. The van der Waals surface area contributed by atoms with Gasteiger partial charge in [0.2, 0.25) is 11.8 Å². The highest BCUT2D eigenvalue weighted by atomic mass is 32.2. The van der Waals surface area contributed by atoms with Crippen molar-refractivity contribution in [2.75, 3.05) is 5.32 Å². The molecule has 3 rings (SSSR count). The Kier molecular flexibility index (Phi) is 5.73. The van der Waals surface area contributed by atoms with Gasteiger partial charge in [-0.15, -0.1) is 0 Å². The number of benzene rings is 2. The molecule has 2 aromatic rings. The van der Waals surface area contributed by atoms with E-state index in [2.05, 4.69) is 15.6 Å². The van der Waals surface area contributed by atoms with Crippen molar-refractivity contribution in [1.29, 1.82) is 0 Å². The monoisotopic (exact) mass is 407 g/mol. The van der Waals surface area contributed by atoms with Crippen LogP contribution in [-0.2, 0) is 15.8 Å². The second-order valence-electron chi connectivity index (χ2n) is 6.18. The van der Waals surface area contributed by atoms with Crippen molar-refractivity contribution in [3.05, 3.63) is 59.7 Å². The van der Waals surface area contributed by atoms with E-state index in [0.717, 1.165) is 29.5 Å². The smallest absolute Gasteiger partial charge is 0.326 e. The third-order valence-electron chi connectivity index (χ3n) is 3.85. The Hall–Kier alpha value is -2.81. The number of alkyl halides is 3. The number of hydrogen-bond acceptors (Lipinski definition) is 4. The van der Waals surface area contributed by atoms with Crippen LogP contribution >= 0.6 is 11.8 Å². The summed E-state index contributed by atoms with van der Waals surface area (Å²) in [5.41, 5.74) is 0.868. The number of amidine groups is 1. The summed E-state index contributed by atoms with van der Waals surface area (Å²) in [6.07, 6.45) is -4.68. The topological polar surface area (TPSA) is 70.6 Å². The van der Waals surface area contributed by atoms with Crippen LogP contribution in [0.2, 0.25) is 0 Å². The lowest BCUT2D eigenvalue weighted by Crippen LogP contribution is -2.28. The molecule has 1 atom stereocenters. The Morgan fingerprint density at radius 1 is 1.21 bits per heavy atom. The van der Waals surface area contributed by atoms with Gasteiger partial charge < -0.3 is 10.6 Å². The molecule has 146 valence electrons. The van der Waals surface area contributed by atoms with Crippen LogP contribution in [0.25, 0.3) is 0 Å². The summed E-state index contributed by atoms with van der Waals surface area (Å²) in [7, 11) is 0. The van der Waals surface area contributed by atoms with Crippen LogP contribution in [0.5, 0.6) is 0 Å². The largest absolute Gasteiger partial charge is 0.416 e. The van der Waals surface area contributed by atoms with E-state index in [1.807, 2.05) is 25.1 Å². The summed E-state index contributed by atoms with van der Waals surface area (Å²) in [4.78, 5) is 28.6. The number of carbonyl (C=O) groups is 2. The molecule has 0 saturated carbocycles. The number of carbonyl (C=O) groups excluding carboxylic acids is 2. The molecule has 5 nitrogen and oxygen atoms in total. The van der Waals surface area contributed by atoms with Crippen LogP contribution in [0, 0.1) is 6.92 Å². The number of nitrogens with zero attached hydrogens (tertiary/aromatic N) is 1. The standard InChI is InChI=1S/C19H16F3N3O2S/c1-11-4-2-6-13(8-11)24-18-25-17(27)15(28-18)10-16(26)23-14-7-3-5-12(9-14)19(20,21)22/h2-9,15H,10H2,1H3,(H,23,26)(H,24,25,27)/t15-/m1/s1. The van der Waals surface area contributed by atoms with Crippen molar-refractivity contribution in [3.63, 3.8) is 0 Å². The van der Waals surface area contributed by atoms with E-state index >= 15 is 0 Å². The molecule has 1 saturated heterocycles. The molecule has 0 aliphatic carbocycles. The number of hydrogen-bond donors (Lipinski definition) is 2. The first kappa shape index (κ1) is 19.9. The first-order valence-corrected chi connectivity index (χ1v) is 9.19. The maximum atomic E-state index is 12.7. The SMILES string of the molecule is Cc1cccc(N=C2NC(=O)[C@@H](CC(=O)Nc3cccc(C(F)(F)F)c3)S2)c1. The molecule has 2 N–H and O–H groups in total. The highest BCUT2D eigenvalue weighted by Gasteiger charge is 2.33. The van der Waals surface area contributed by atoms with E-state index in [0.29, 0.717) is 10.9 Å². The summed E-state index contributed by atoms with van der Waals surface area (Å²) in [5.74, 6) is -0.917. The van der Waals surface area contributed by atoms with Crippen molar-refractivity contribution in [3.8, 4) is 0 Å². The van der Waals surface area contributed by atoms with E-state index in [-0.39, 0.29) is 18.0 Å². The summed E-state index contributed by atoms with van der Waals surface area (Å²) in [6.45, 7) is 1.92. The Morgan fingerprint density at radius 3 is 2.68 bits per heavy atom. The molecular weight excluding hydrogens is 391 g/mol. The molecule has 28 heavy (non-hydrogen) atoms. The molecule has 1 aliphatic heterocycles. The van der Waals surface area contributed by atoms with Crippen LogP contribution in [0.15, 0.2) is 53.5 Å². The van der Waals surface area contributed by atoms with Crippen LogP contribution in [0.1, 0.15) is 17.5 Å². The number of amides is 2. The van der Waals surface area contributed by atoms with Crippen LogP contribution in [0.4, 0.5) is 24.5 Å². The lowest BCUT2D eigenvalue weighted by atomic mass is 10.2. The third-order valence-corrected chi connectivity index (χ3v) is 4.94. The quantitative estimate of drug-likeness (QED) is 0.796. The highest BCUT2D eigenvalue weighted by Crippen LogP contribution is 2.31. The summed E-state index contributed by atoms with van der Waals surface area (Å²) >= 11 is 1.11. The van der Waals surface area contributed by atoms with E-state index in [1.54, 1.807) is 6.07 Å². The predicted molar refractivity (Wildman–Crippen MR) is 102 cm³/mol. The Morgan fingerprint density at radius 2 is 1.96 bits per heavy atom. The molecule has 0 spiro atoms. The van der Waals surface area contributed by atoms with Gasteiger partial charge >= 0.3 is 6.18 Å². The number of anilines is 1. The maximum absolute atomic E-state index is 12.7. The summed E-state index contributed by atoms with van der Waals surface area (Å²) in [6, 6.07) is 11.8. The van der Waals surface area contributed by atoms with Gasteiger partial charge in [-0.25, -0.2) is 4.99 Å². The fourth-order valence-electron chi connectivity index (χ4n) is 2.56. The predicted octanol–water partition coefficient (Wildman–Crippen LogP) is 4.26. The van der Waals surface area contributed by atoms with Gasteiger partial charge in [0.25, 0.3) is 0 Å². The molecule has 0 unspecified atom stereocenters. The fraction of sp³-hybridized carbons (Fsp3) is 0.211. The van der Waals surface area contributed by atoms with Crippen LogP contribution in [0.3, 0.4) is 0 Å². The van der Waals surface area contributed by atoms with Crippen molar-refractivity contribution in [2.24, 2.45) is 4.99 Å². The molecule has 0 bridgehead atoms. The van der Waals surface area contributed by atoms with Gasteiger partial charge in [0.1, 0.15) is 5.25 Å². The second kappa shape index (κ2) is 8.05. The first-order chi connectivity index (χ1) is 13.2. The van der Waals surface area contributed by atoms with Crippen LogP contribution < -0.4 is 10.6 Å². The molecule has 2 amide bonds. The Balaban J connectivity index is 1.62. The minimum absolute atomic E-state index is 0.0249. The molecule has 9 heteroatoms. The molecule has 1 aliphatic rings. The maximum Gasteiger partial charge on any atom is 0.416 e. The van der Waals surface area contributed by atoms with Gasteiger partial charge in [-0.2, -0.15) is 13.2 Å². The second-order valence-corrected chi connectivity index (χ2v) is 7.37. The van der Waals surface area contributed by atoms with E-state index in [4.69, 9.17) is 0 Å². The average molecular weight is 407 g/mol. The number of rotatable bonds is 4. The molecule has 2 aromatic carbocycles. The van der Waals surface area contributed by atoms with Gasteiger partial charge in [0, 0.05) is 12.1 Å². The van der Waals surface area contributed by atoms with Crippen LogP contribution in [-0.4, -0.2) is 22.2 Å². The van der Waals surface area contributed by atoms with E-state index in [9.17, 15) is 22.8 Å². The third kappa shape index (κ3) is 5.13. The molecule has 0 aromatic heterocycles. The zero-order chi connectivity index (χ0) is 20.3. The van der Waals surface area contributed by atoms with Crippen molar-refractivity contribution in [2.45, 2.75) is 24.8 Å². The Bertz CT molecular complexity index is 944. The number of thioether (sulfide) groups is 1. The number of aryl methyl sites for hydroxylation is 1. The van der Waals surface area contributed by atoms with E-state index in [1.165, 1.54) is 12.1 Å². The summed E-state index contributed by atoms with van der Waals surface area (Å²) < 4.78 is 38.2. The van der Waals surface area contributed by atoms with Gasteiger partial charge in [-0.05, 0) is 42.8 Å². The minimum atomic E-state index is -4.50. The van der Waals surface area contributed by atoms with Gasteiger partial charge in [-0.3, -0.25) is 9.59 Å². The lowest BCUT2D eigenvalue weighted by molar-refractivity contribution is -0.137. The van der Waals surface area contributed by atoms with Crippen molar-refractivity contribution < 1.29 is 22.8 Å². The van der Waals surface area contributed by atoms with E-state index < -0.39 is 22.9 Å². The number of nitrogens with one attached hydrogen (secondary N) is 2. The summed E-state index contributed by atoms with van der Waals surface area (Å²) in [5, 5.41) is 4.70. The van der Waals surface area contributed by atoms with Gasteiger partial charge in [0.15, 0.2) is 5.17 Å². The number of aliphatic imine (C=N–C) groups is 1. The van der Waals surface area contributed by atoms with Gasteiger partial charge in [0.05, 0.1) is 11.3 Å². The molecule has 1 heterocycles. The fourth-order valence-corrected chi connectivity index (χ4v) is 3.55. The van der Waals surface area contributed by atoms with Crippen molar-refractivity contribution >= 4 is 40.1 Å². The Labute approximate surface area is 163 Å². The zero-order valence-electron chi connectivity index (χ0n) is 14.7. The minimum Gasteiger partial charge on any atom is -0.326 e.